The van der Waals surface area contributed by atoms with Crippen LogP contribution in [0.25, 0.3) is 0 Å². The molecular weight excluding hydrogens is 158 g/mol. The first-order valence-electron chi connectivity index (χ1n) is 4.61. The van der Waals surface area contributed by atoms with Gasteiger partial charge in [0.05, 0.1) is 0 Å². The van der Waals surface area contributed by atoms with Gasteiger partial charge < -0.3 is 5.32 Å². The Balaban J connectivity index is 1.58. The van der Waals surface area contributed by atoms with Crippen LogP contribution in [0.15, 0.2) is 0 Å². The van der Waals surface area contributed by atoms with Crippen LogP contribution in [0.3, 0.4) is 0 Å². The smallest absolute Gasteiger partial charge is 0.0292 e. The van der Waals surface area contributed by atoms with Crippen LogP contribution in [0.4, 0.5) is 0 Å². The van der Waals surface area contributed by atoms with E-state index in [1.54, 1.807) is 0 Å². The number of alkyl halides is 1. The Morgan fingerprint density at radius 2 is 2.09 bits per heavy atom. The zero-order valence-electron chi connectivity index (χ0n) is 6.91. The third kappa shape index (κ3) is 2.09. The third-order valence-corrected chi connectivity index (χ3v) is 3.44. The van der Waals surface area contributed by atoms with Gasteiger partial charge >= 0.3 is 0 Å². The highest BCUT2D eigenvalue weighted by atomic mass is 35.5. The van der Waals surface area contributed by atoms with Crippen molar-refractivity contribution in [2.45, 2.75) is 25.7 Å². The molecule has 0 heterocycles. The molecule has 2 saturated carbocycles. The van der Waals surface area contributed by atoms with Crippen molar-refractivity contribution in [2.24, 2.45) is 11.3 Å². The summed E-state index contributed by atoms with van der Waals surface area (Å²) in [5.74, 6) is 1.85. The fourth-order valence-corrected chi connectivity index (χ4v) is 1.76. The van der Waals surface area contributed by atoms with E-state index in [4.69, 9.17) is 11.6 Å². The van der Waals surface area contributed by atoms with Gasteiger partial charge in [-0.3, -0.25) is 0 Å². The molecule has 0 aromatic carbocycles. The van der Waals surface area contributed by atoms with Gasteiger partial charge in [0.25, 0.3) is 0 Å². The normalized spacial score (nSPS) is 27.0. The summed E-state index contributed by atoms with van der Waals surface area (Å²) < 4.78 is 0. The molecule has 0 saturated heterocycles. The van der Waals surface area contributed by atoms with Crippen molar-refractivity contribution in [3.05, 3.63) is 0 Å². The summed E-state index contributed by atoms with van der Waals surface area (Å²) in [6.45, 7) is 2.39. The molecular formula is C9H16ClN. The highest BCUT2D eigenvalue weighted by Gasteiger charge is 2.41. The second-order valence-corrected chi connectivity index (χ2v) is 4.48. The highest BCUT2D eigenvalue weighted by molar-refractivity contribution is 6.18. The minimum absolute atomic E-state index is 0.510. The molecule has 2 rings (SSSR count). The SMILES string of the molecule is ClCC1(CNCC2CC2)CC1. The molecule has 0 aromatic heterocycles. The second kappa shape index (κ2) is 2.95. The number of nitrogens with one attached hydrogen (secondary N) is 1. The van der Waals surface area contributed by atoms with Gasteiger partial charge in [-0.2, -0.15) is 0 Å². The molecule has 0 atom stereocenters. The fourth-order valence-electron chi connectivity index (χ4n) is 1.40. The molecule has 0 amide bonds. The predicted molar refractivity (Wildman–Crippen MR) is 48.0 cm³/mol. The van der Waals surface area contributed by atoms with Crippen LogP contribution >= 0.6 is 11.6 Å². The summed E-state index contributed by atoms with van der Waals surface area (Å²) in [5, 5.41) is 3.52. The molecule has 0 aromatic rings. The van der Waals surface area contributed by atoms with Crippen molar-refractivity contribution >= 4 is 11.6 Å². The Kier molecular flexibility index (Phi) is 2.11. The Labute approximate surface area is 73.5 Å². The molecule has 0 aliphatic heterocycles. The largest absolute Gasteiger partial charge is 0.316 e. The van der Waals surface area contributed by atoms with Gasteiger partial charge in [0.15, 0.2) is 0 Å². The highest BCUT2D eigenvalue weighted by Crippen LogP contribution is 2.45. The minimum Gasteiger partial charge on any atom is -0.316 e. The average molecular weight is 174 g/mol. The summed E-state index contributed by atoms with van der Waals surface area (Å²) in [7, 11) is 0. The first-order valence-corrected chi connectivity index (χ1v) is 5.15. The monoisotopic (exact) mass is 173 g/mol. The Morgan fingerprint density at radius 1 is 1.36 bits per heavy atom. The lowest BCUT2D eigenvalue weighted by molar-refractivity contribution is 0.494. The standard InChI is InChI=1S/C9H16ClN/c10-6-9(3-4-9)7-11-5-8-1-2-8/h8,11H,1-7H2. The Bertz CT molecular complexity index is 138. The summed E-state index contributed by atoms with van der Waals surface area (Å²) >= 11 is 5.85. The van der Waals surface area contributed by atoms with Crippen LogP contribution in [0.1, 0.15) is 25.7 Å². The lowest BCUT2D eigenvalue weighted by Gasteiger charge is -2.11. The minimum atomic E-state index is 0.510. The van der Waals surface area contributed by atoms with Gasteiger partial charge in [-0.1, -0.05) is 0 Å². The second-order valence-electron chi connectivity index (χ2n) is 4.21. The van der Waals surface area contributed by atoms with E-state index >= 15 is 0 Å². The van der Waals surface area contributed by atoms with Crippen molar-refractivity contribution in [1.29, 1.82) is 0 Å². The first-order chi connectivity index (χ1) is 5.35. The quantitative estimate of drug-likeness (QED) is 0.628. The number of hydrogen-bond acceptors (Lipinski definition) is 1. The van der Waals surface area contributed by atoms with E-state index in [0.29, 0.717) is 5.41 Å². The van der Waals surface area contributed by atoms with Gasteiger partial charge in [-0.15, -0.1) is 11.6 Å². The number of hydrogen-bond donors (Lipinski definition) is 1. The van der Waals surface area contributed by atoms with E-state index in [2.05, 4.69) is 5.32 Å². The molecule has 0 radical (unpaired) electrons. The summed E-state index contributed by atoms with van der Waals surface area (Å²) in [5.41, 5.74) is 0.510. The number of halogens is 1. The predicted octanol–water partition coefficient (Wildman–Crippen LogP) is 2.00. The van der Waals surface area contributed by atoms with Crippen molar-refractivity contribution in [3.8, 4) is 0 Å². The lowest BCUT2D eigenvalue weighted by Crippen LogP contribution is -2.26. The first kappa shape index (κ1) is 7.88. The molecule has 2 fully saturated rings. The maximum Gasteiger partial charge on any atom is 0.0292 e. The molecule has 0 bridgehead atoms. The van der Waals surface area contributed by atoms with Crippen LogP contribution in [0, 0.1) is 11.3 Å². The molecule has 1 N–H and O–H groups in total. The molecule has 1 nitrogen and oxygen atoms in total. The van der Waals surface area contributed by atoms with Crippen LogP contribution in [-0.2, 0) is 0 Å². The zero-order valence-corrected chi connectivity index (χ0v) is 7.66. The molecule has 0 spiro atoms. The average Bonchev–Trinajstić information content (AvgIpc) is 2.80. The summed E-state index contributed by atoms with van der Waals surface area (Å²) in [4.78, 5) is 0. The zero-order chi connectivity index (χ0) is 7.73. The van der Waals surface area contributed by atoms with Crippen molar-refractivity contribution in [2.75, 3.05) is 19.0 Å². The summed E-state index contributed by atoms with van der Waals surface area (Å²) in [6, 6.07) is 0. The van der Waals surface area contributed by atoms with Crippen LogP contribution in [0.2, 0.25) is 0 Å². The van der Waals surface area contributed by atoms with E-state index in [1.807, 2.05) is 0 Å². The molecule has 2 aliphatic carbocycles. The van der Waals surface area contributed by atoms with Crippen LogP contribution < -0.4 is 5.32 Å². The van der Waals surface area contributed by atoms with Crippen LogP contribution in [-0.4, -0.2) is 19.0 Å². The maximum absolute atomic E-state index is 5.85. The molecule has 2 aliphatic rings. The topological polar surface area (TPSA) is 12.0 Å². The Morgan fingerprint density at radius 3 is 2.55 bits per heavy atom. The van der Waals surface area contributed by atoms with Gasteiger partial charge in [0.1, 0.15) is 0 Å². The van der Waals surface area contributed by atoms with Crippen molar-refractivity contribution in [1.82, 2.24) is 5.32 Å². The van der Waals surface area contributed by atoms with E-state index < -0.39 is 0 Å². The van der Waals surface area contributed by atoms with Gasteiger partial charge in [-0.25, -0.2) is 0 Å². The Hall–Kier alpha value is 0.250. The van der Waals surface area contributed by atoms with Crippen molar-refractivity contribution < 1.29 is 0 Å². The summed E-state index contributed by atoms with van der Waals surface area (Å²) in [6.07, 6.45) is 5.57. The number of rotatable bonds is 5. The molecule has 2 heteroatoms. The van der Waals surface area contributed by atoms with E-state index in [9.17, 15) is 0 Å². The van der Waals surface area contributed by atoms with Gasteiger partial charge in [0, 0.05) is 12.4 Å². The van der Waals surface area contributed by atoms with Gasteiger partial charge in [0.2, 0.25) is 0 Å². The van der Waals surface area contributed by atoms with Crippen molar-refractivity contribution in [3.63, 3.8) is 0 Å². The molecule has 0 unspecified atom stereocenters. The van der Waals surface area contributed by atoms with Crippen LogP contribution in [0.5, 0.6) is 0 Å². The lowest BCUT2D eigenvalue weighted by atomic mass is 10.1. The van der Waals surface area contributed by atoms with Gasteiger partial charge in [-0.05, 0) is 43.6 Å². The maximum atomic E-state index is 5.85. The van der Waals surface area contributed by atoms with E-state index in [1.165, 1.54) is 32.2 Å². The molecule has 64 valence electrons. The third-order valence-electron chi connectivity index (χ3n) is 2.87. The fraction of sp³-hybridized carbons (Fsp3) is 1.00. The van der Waals surface area contributed by atoms with E-state index in [0.717, 1.165) is 18.3 Å². The molecule has 11 heavy (non-hydrogen) atoms. The van der Waals surface area contributed by atoms with E-state index in [-0.39, 0.29) is 0 Å².